The molecule has 0 radical (unpaired) electrons. The number of terminal acetylenes is 1. The van der Waals surface area contributed by atoms with E-state index in [1.54, 1.807) is 12.1 Å². The van der Waals surface area contributed by atoms with Gasteiger partial charge in [-0.2, -0.15) is 10.2 Å². The molecule has 3 heterocycles. The third-order valence-electron chi connectivity index (χ3n) is 3.96. The average molecular weight is 460 g/mol. The number of ether oxygens (including phenoxy) is 1. The Morgan fingerprint density at radius 2 is 2.18 bits per heavy atom. The number of benzene rings is 1. The normalized spacial score (nSPS) is 15.3. The number of para-hydroxylation sites is 1. The lowest BCUT2D eigenvalue weighted by Crippen LogP contribution is -2.45. The van der Waals surface area contributed by atoms with Gasteiger partial charge in [0.2, 0.25) is 0 Å². The molecule has 1 unspecified atom stereocenters. The van der Waals surface area contributed by atoms with Gasteiger partial charge in [-0.1, -0.05) is 23.6 Å². The number of nitrogens with zero attached hydrogens (tertiary/aromatic N) is 5. The average Bonchev–Trinajstić information content (AvgIpc) is 3.22. The second-order valence-corrected chi connectivity index (χ2v) is 7.01. The minimum Gasteiger partial charge on any atom is -0.472 e. The van der Waals surface area contributed by atoms with Crippen molar-refractivity contribution in [3.63, 3.8) is 0 Å². The Hall–Kier alpha value is -3.09. The van der Waals surface area contributed by atoms with Crippen molar-refractivity contribution in [2.45, 2.75) is 6.10 Å². The SMILES string of the molecule is C#CC1CN(C(=O)Nc2cnc(-n3nccn3)c(Cl)c2)c2cccc(Br)c2O1. The maximum absolute atomic E-state index is 12.9. The van der Waals surface area contributed by atoms with Crippen LogP contribution in [-0.4, -0.2) is 38.7 Å². The van der Waals surface area contributed by atoms with Gasteiger partial charge < -0.3 is 10.1 Å². The van der Waals surface area contributed by atoms with Crippen molar-refractivity contribution in [1.29, 1.82) is 0 Å². The van der Waals surface area contributed by atoms with Crippen LogP contribution >= 0.6 is 27.5 Å². The summed E-state index contributed by atoms with van der Waals surface area (Å²) < 4.78 is 6.48. The molecule has 8 nitrogen and oxygen atoms in total. The molecule has 28 heavy (non-hydrogen) atoms. The number of pyridine rings is 1. The monoisotopic (exact) mass is 458 g/mol. The molecule has 2 aromatic heterocycles. The summed E-state index contributed by atoms with van der Waals surface area (Å²) in [6, 6.07) is 6.61. The van der Waals surface area contributed by atoms with Gasteiger partial charge in [-0.3, -0.25) is 4.90 Å². The van der Waals surface area contributed by atoms with Crippen LogP contribution in [0.4, 0.5) is 16.2 Å². The van der Waals surface area contributed by atoms with Crippen molar-refractivity contribution >= 4 is 44.9 Å². The second kappa shape index (κ2) is 7.50. The molecule has 4 rings (SSSR count). The smallest absolute Gasteiger partial charge is 0.326 e. The van der Waals surface area contributed by atoms with Gasteiger partial charge in [-0.05, 0) is 34.1 Å². The molecule has 1 aliphatic rings. The Kier molecular flexibility index (Phi) is 4.90. The molecular weight excluding hydrogens is 448 g/mol. The van der Waals surface area contributed by atoms with Crippen LogP contribution in [0.1, 0.15) is 0 Å². The summed E-state index contributed by atoms with van der Waals surface area (Å²) in [4.78, 5) is 19.9. The van der Waals surface area contributed by atoms with Gasteiger partial charge in [0.25, 0.3) is 0 Å². The van der Waals surface area contributed by atoms with E-state index in [0.717, 1.165) is 0 Å². The largest absolute Gasteiger partial charge is 0.472 e. The molecule has 0 spiro atoms. The third-order valence-corrected chi connectivity index (χ3v) is 4.86. The summed E-state index contributed by atoms with van der Waals surface area (Å²) in [6.07, 6.45) is 9.47. The molecule has 0 aliphatic carbocycles. The Balaban J connectivity index is 1.60. The lowest BCUT2D eigenvalue weighted by molar-refractivity contribution is 0.232. The third kappa shape index (κ3) is 3.40. The second-order valence-electron chi connectivity index (χ2n) is 5.75. The summed E-state index contributed by atoms with van der Waals surface area (Å²) in [6.45, 7) is 0.211. The minimum atomic E-state index is -0.563. The van der Waals surface area contributed by atoms with Crippen LogP contribution in [0, 0.1) is 12.3 Å². The molecule has 2 amide bonds. The number of anilines is 2. The maximum atomic E-state index is 12.9. The van der Waals surface area contributed by atoms with E-state index in [2.05, 4.69) is 42.3 Å². The van der Waals surface area contributed by atoms with Gasteiger partial charge >= 0.3 is 6.03 Å². The number of carbonyl (C=O) groups excluding carboxylic acids is 1. The number of halogens is 2. The number of hydrogen-bond donors (Lipinski definition) is 1. The van der Waals surface area contributed by atoms with Gasteiger partial charge in [0.05, 0.1) is 46.0 Å². The van der Waals surface area contributed by atoms with Gasteiger partial charge in [0, 0.05) is 0 Å². The fraction of sp³-hybridized carbons (Fsp3) is 0.111. The molecule has 0 fully saturated rings. The molecular formula is C18H12BrClN6O2. The predicted octanol–water partition coefficient (Wildman–Crippen LogP) is 3.51. The van der Waals surface area contributed by atoms with E-state index in [9.17, 15) is 4.79 Å². The number of aromatic nitrogens is 4. The molecule has 1 atom stereocenters. The molecule has 3 aromatic rings. The molecule has 1 aromatic carbocycles. The summed E-state index contributed by atoms with van der Waals surface area (Å²) in [7, 11) is 0. The summed E-state index contributed by atoms with van der Waals surface area (Å²) in [5.74, 6) is 3.41. The fourth-order valence-corrected chi connectivity index (χ4v) is 3.40. The van der Waals surface area contributed by atoms with E-state index in [1.807, 2.05) is 12.1 Å². The van der Waals surface area contributed by atoms with E-state index >= 15 is 0 Å². The number of hydrogen-bond acceptors (Lipinski definition) is 5. The highest BCUT2D eigenvalue weighted by Gasteiger charge is 2.30. The molecule has 1 aliphatic heterocycles. The molecule has 1 N–H and O–H groups in total. The first-order valence-corrected chi connectivity index (χ1v) is 9.26. The van der Waals surface area contributed by atoms with Crippen molar-refractivity contribution in [2.75, 3.05) is 16.8 Å². The van der Waals surface area contributed by atoms with Crippen LogP contribution in [0.3, 0.4) is 0 Å². The Morgan fingerprint density at radius 3 is 2.89 bits per heavy atom. The predicted molar refractivity (Wildman–Crippen MR) is 108 cm³/mol. The first-order valence-electron chi connectivity index (χ1n) is 8.09. The highest BCUT2D eigenvalue weighted by molar-refractivity contribution is 9.10. The summed E-state index contributed by atoms with van der Waals surface area (Å²) in [5, 5.41) is 11.0. The van der Waals surface area contributed by atoms with Crippen LogP contribution in [0.2, 0.25) is 5.02 Å². The Morgan fingerprint density at radius 1 is 1.39 bits per heavy atom. The first-order chi connectivity index (χ1) is 13.6. The van der Waals surface area contributed by atoms with E-state index < -0.39 is 6.10 Å². The quantitative estimate of drug-likeness (QED) is 0.593. The maximum Gasteiger partial charge on any atom is 0.326 e. The van der Waals surface area contributed by atoms with Crippen LogP contribution in [0.25, 0.3) is 5.82 Å². The number of urea groups is 1. The molecule has 0 saturated heterocycles. The highest BCUT2D eigenvalue weighted by atomic mass is 79.9. The van der Waals surface area contributed by atoms with Crippen LogP contribution in [-0.2, 0) is 0 Å². The fourth-order valence-electron chi connectivity index (χ4n) is 2.71. The molecule has 0 saturated carbocycles. The molecule has 0 bridgehead atoms. The molecule has 10 heteroatoms. The number of amides is 2. The van der Waals surface area contributed by atoms with Crippen LogP contribution in [0.15, 0.2) is 47.3 Å². The van der Waals surface area contributed by atoms with Crippen molar-refractivity contribution in [3.05, 3.63) is 52.4 Å². The van der Waals surface area contributed by atoms with E-state index in [0.29, 0.717) is 32.4 Å². The van der Waals surface area contributed by atoms with Gasteiger partial charge in [-0.25, -0.2) is 9.78 Å². The van der Waals surface area contributed by atoms with E-state index in [1.165, 1.54) is 28.3 Å². The first kappa shape index (κ1) is 18.3. The molecule has 140 valence electrons. The number of carbonyl (C=O) groups is 1. The zero-order valence-corrected chi connectivity index (χ0v) is 16.6. The minimum absolute atomic E-state index is 0.211. The topological polar surface area (TPSA) is 85.2 Å². The van der Waals surface area contributed by atoms with E-state index in [-0.39, 0.29) is 12.6 Å². The van der Waals surface area contributed by atoms with Crippen molar-refractivity contribution < 1.29 is 9.53 Å². The number of rotatable bonds is 2. The lowest BCUT2D eigenvalue weighted by atomic mass is 10.2. The highest BCUT2D eigenvalue weighted by Crippen LogP contribution is 2.39. The van der Waals surface area contributed by atoms with Crippen molar-refractivity contribution in [1.82, 2.24) is 20.0 Å². The zero-order valence-electron chi connectivity index (χ0n) is 14.2. The van der Waals surface area contributed by atoms with Gasteiger partial charge in [-0.15, -0.1) is 11.2 Å². The Labute approximate surface area is 173 Å². The van der Waals surface area contributed by atoms with Gasteiger partial charge in [0.15, 0.2) is 17.7 Å². The van der Waals surface area contributed by atoms with Crippen molar-refractivity contribution in [3.8, 4) is 23.9 Å². The Bertz CT molecular complexity index is 1080. The van der Waals surface area contributed by atoms with Gasteiger partial charge in [0.1, 0.15) is 0 Å². The number of nitrogens with one attached hydrogen (secondary N) is 1. The van der Waals surface area contributed by atoms with Crippen LogP contribution < -0.4 is 15.0 Å². The lowest BCUT2D eigenvalue weighted by Gasteiger charge is -2.33. The summed E-state index contributed by atoms with van der Waals surface area (Å²) >= 11 is 9.68. The zero-order chi connectivity index (χ0) is 19.7. The number of fused-ring (bicyclic) bond motifs is 1. The summed E-state index contributed by atoms with van der Waals surface area (Å²) in [5.41, 5.74) is 1.03. The van der Waals surface area contributed by atoms with Crippen LogP contribution in [0.5, 0.6) is 5.75 Å². The standard InChI is InChI=1S/C18H12BrClN6O2/c1-2-12-10-25(15-5-3-4-13(19)16(15)28-12)18(27)24-11-8-14(20)17(21-9-11)26-22-6-7-23-26/h1,3-9,12H,10H2,(H,24,27). The van der Waals surface area contributed by atoms with E-state index in [4.69, 9.17) is 22.8 Å². The van der Waals surface area contributed by atoms with Crippen molar-refractivity contribution in [2.24, 2.45) is 0 Å².